The molecule has 2 aliphatic carbocycles. The van der Waals surface area contributed by atoms with Gasteiger partial charge in [-0.05, 0) is 48.9 Å². The summed E-state index contributed by atoms with van der Waals surface area (Å²) in [4.78, 5) is 5.60. The summed E-state index contributed by atoms with van der Waals surface area (Å²) in [6.45, 7) is 5.12. The second kappa shape index (κ2) is 5.49. The van der Waals surface area contributed by atoms with Gasteiger partial charge in [-0.2, -0.15) is 0 Å². The molecule has 6 aliphatic rings. The van der Waals surface area contributed by atoms with E-state index >= 15 is 0 Å². The summed E-state index contributed by atoms with van der Waals surface area (Å²) >= 11 is 0. The Labute approximate surface area is 185 Å². The standard InChI is InChI=1S/C28H32N2O/c1-27-15-7-9-17-23(27)29(21-13-5-3-11-19(21)27)26-18-10-8-16-28(2)20-12-4-6-14-22(20)30(24(18)28)25(17)31-26/h3-6,11-14,17-18,23-26H,7-10,15-16H2,1-2H3. The van der Waals surface area contributed by atoms with Gasteiger partial charge in [0.1, 0.15) is 12.5 Å². The zero-order chi connectivity index (χ0) is 20.5. The molecule has 2 aromatic carbocycles. The highest BCUT2D eigenvalue weighted by molar-refractivity contribution is 5.70. The smallest absolute Gasteiger partial charge is 0.137 e. The maximum atomic E-state index is 7.18. The third kappa shape index (κ3) is 1.82. The number of anilines is 2. The lowest BCUT2D eigenvalue weighted by atomic mass is 9.61. The van der Waals surface area contributed by atoms with Crippen molar-refractivity contribution < 1.29 is 4.74 Å². The van der Waals surface area contributed by atoms with E-state index in [1.807, 2.05) is 0 Å². The van der Waals surface area contributed by atoms with Crippen LogP contribution in [0.5, 0.6) is 0 Å². The lowest BCUT2D eigenvalue weighted by Crippen LogP contribution is -2.75. The summed E-state index contributed by atoms with van der Waals surface area (Å²) in [7, 11) is 0. The van der Waals surface area contributed by atoms with E-state index < -0.39 is 0 Å². The summed E-state index contributed by atoms with van der Waals surface area (Å²) in [6, 6.07) is 19.8. The molecule has 8 unspecified atom stereocenters. The largest absolute Gasteiger partial charge is 0.341 e. The van der Waals surface area contributed by atoms with Crippen LogP contribution >= 0.6 is 0 Å². The monoisotopic (exact) mass is 412 g/mol. The number of para-hydroxylation sites is 2. The second-order valence-corrected chi connectivity index (χ2v) is 11.6. The van der Waals surface area contributed by atoms with E-state index in [1.54, 1.807) is 11.1 Å². The van der Waals surface area contributed by atoms with Crippen molar-refractivity contribution in [3.8, 4) is 0 Å². The molecule has 0 aromatic heterocycles. The molecule has 4 heterocycles. The van der Waals surface area contributed by atoms with Gasteiger partial charge >= 0.3 is 0 Å². The normalized spacial score (nSPS) is 45.6. The Kier molecular flexibility index (Phi) is 3.10. The van der Waals surface area contributed by atoms with Gasteiger partial charge in [0.15, 0.2) is 0 Å². The molecule has 0 N–H and O–H groups in total. The minimum Gasteiger partial charge on any atom is -0.341 e. The molecular formula is C28H32N2O. The van der Waals surface area contributed by atoms with Gasteiger partial charge in [0.25, 0.3) is 0 Å². The van der Waals surface area contributed by atoms with Crippen molar-refractivity contribution in [2.75, 3.05) is 9.80 Å². The summed E-state index contributed by atoms with van der Waals surface area (Å²) in [6.07, 6.45) is 8.26. The molecule has 2 saturated heterocycles. The molecule has 2 aromatic rings. The van der Waals surface area contributed by atoms with E-state index in [1.165, 1.54) is 49.9 Å². The Bertz CT molecular complexity index is 1010. The van der Waals surface area contributed by atoms with Gasteiger partial charge in [0, 0.05) is 46.1 Å². The second-order valence-electron chi connectivity index (χ2n) is 11.6. The Morgan fingerprint density at radius 1 is 0.710 bits per heavy atom. The molecule has 8 rings (SSSR count). The molecule has 160 valence electrons. The SMILES string of the molecule is CC12CCCC3C4OC(C5CCCC6(C)c7ccccc7N4C56)N(c4ccccc41)C32. The number of ether oxygens (including phenoxy) is 1. The van der Waals surface area contributed by atoms with Gasteiger partial charge in [0.2, 0.25) is 0 Å². The van der Waals surface area contributed by atoms with Crippen LogP contribution < -0.4 is 9.80 Å². The molecule has 4 fully saturated rings. The highest BCUT2D eigenvalue weighted by Gasteiger charge is 2.68. The first-order valence-electron chi connectivity index (χ1n) is 12.5. The molecule has 0 amide bonds. The van der Waals surface area contributed by atoms with Crippen LogP contribution in [0.2, 0.25) is 0 Å². The third-order valence-electron chi connectivity index (χ3n) is 10.3. The van der Waals surface area contributed by atoms with Crippen molar-refractivity contribution in [2.45, 2.75) is 87.7 Å². The quantitative estimate of drug-likeness (QED) is 0.562. The Morgan fingerprint density at radius 2 is 1.16 bits per heavy atom. The van der Waals surface area contributed by atoms with E-state index in [2.05, 4.69) is 72.2 Å². The summed E-state index contributed by atoms with van der Waals surface area (Å²) < 4.78 is 7.18. The van der Waals surface area contributed by atoms with Crippen LogP contribution in [0.15, 0.2) is 48.5 Å². The number of rotatable bonds is 0. The predicted molar refractivity (Wildman–Crippen MR) is 123 cm³/mol. The predicted octanol–water partition coefficient (Wildman–Crippen LogP) is 5.58. The maximum absolute atomic E-state index is 7.18. The van der Waals surface area contributed by atoms with Gasteiger partial charge < -0.3 is 14.5 Å². The zero-order valence-electron chi connectivity index (χ0n) is 18.6. The van der Waals surface area contributed by atoms with Crippen LogP contribution in [-0.2, 0) is 15.6 Å². The fourth-order valence-electron chi connectivity index (χ4n) is 9.32. The summed E-state index contributed by atoms with van der Waals surface area (Å²) in [5, 5.41) is 0. The third-order valence-corrected chi connectivity index (χ3v) is 10.3. The molecule has 0 spiro atoms. The molecule has 2 bridgehead atoms. The number of fused-ring (bicyclic) bond motifs is 12. The van der Waals surface area contributed by atoms with E-state index in [0.29, 0.717) is 23.9 Å². The minimum atomic E-state index is 0.225. The summed E-state index contributed by atoms with van der Waals surface area (Å²) in [5.74, 6) is 1.14. The van der Waals surface area contributed by atoms with Crippen molar-refractivity contribution >= 4 is 11.4 Å². The molecule has 3 heteroatoms. The topological polar surface area (TPSA) is 15.7 Å². The molecule has 3 nitrogen and oxygen atoms in total. The van der Waals surface area contributed by atoms with Gasteiger partial charge in [0.05, 0.1) is 0 Å². The highest BCUT2D eigenvalue weighted by Crippen LogP contribution is 2.65. The van der Waals surface area contributed by atoms with Crippen molar-refractivity contribution in [3.63, 3.8) is 0 Å². The van der Waals surface area contributed by atoms with Crippen molar-refractivity contribution in [3.05, 3.63) is 59.7 Å². The Morgan fingerprint density at radius 3 is 1.65 bits per heavy atom. The first-order valence-corrected chi connectivity index (χ1v) is 12.5. The van der Waals surface area contributed by atoms with Gasteiger partial charge in [-0.1, -0.05) is 63.1 Å². The van der Waals surface area contributed by atoms with Crippen LogP contribution in [0.4, 0.5) is 11.4 Å². The van der Waals surface area contributed by atoms with E-state index in [0.717, 1.165) is 0 Å². The van der Waals surface area contributed by atoms with Crippen molar-refractivity contribution in [1.82, 2.24) is 0 Å². The number of hydrogen-bond donors (Lipinski definition) is 0. The summed E-state index contributed by atoms with van der Waals surface area (Å²) in [5.41, 5.74) is 6.62. The van der Waals surface area contributed by atoms with Gasteiger partial charge in [-0.3, -0.25) is 0 Å². The maximum Gasteiger partial charge on any atom is 0.137 e. The molecule has 31 heavy (non-hydrogen) atoms. The number of benzene rings is 2. The Hall–Kier alpha value is -2.00. The van der Waals surface area contributed by atoms with Crippen molar-refractivity contribution in [2.24, 2.45) is 11.8 Å². The Balaban J connectivity index is 1.37. The highest BCUT2D eigenvalue weighted by atomic mass is 16.5. The molecule has 0 radical (unpaired) electrons. The van der Waals surface area contributed by atoms with E-state index in [9.17, 15) is 0 Å². The average molecular weight is 413 g/mol. The molecular weight excluding hydrogens is 380 g/mol. The average Bonchev–Trinajstić information content (AvgIpc) is 3.23. The molecule has 8 atom stereocenters. The van der Waals surface area contributed by atoms with Gasteiger partial charge in [-0.15, -0.1) is 0 Å². The van der Waals surface area contributed by atoms with Gasteiger partial charge in [-0.25, -0.2) is 0 Å². The van der Waals surface area contributed by atoms with Crippen LogP contribution in [-0.4, -0.2) is 24.5 Å². The first-order chi connectivity index (χ1) is 15.1. The number of nitrogens with zero attached hydrogens (tertiary/aromatic N) is 2. The number of hydrogen-bond acceptors (Lipinski definition) is 3. The fraction of sp³-hybridized carbons (Fsp3) is 0.571. The minimum absolute atomic E-state index is 0.225. The lowest BCUT2D eigenvalue weighted by Gasteiger charge is -2.64. The van der Waals surface area contributed by atoms with Crippen LogP contribution in [0, 0.1) is 11.8 Å². The lowest BCUT2D eigenvalue weighted by molar-refractivity contribution is -0.171. The van der Waals surface area contributed by atoms with E-state index in [4.69, 9.17) is 4.74 Å². The zero-order valence-corrected chi connectivity index (χ0v) is 18.6. The van der Waals surface area contributed by atoms with E-state index in [-0.39, 0.29) is 23.3 Å². The van der Waals surface area contributed by atoms with Crippen LogP contribution in [0.25, 0.3) is 0 Å². The molecule has 2 saturated carbocycles. The molecule has 4 aliphatic heterocycles. The van der Waals surface area contributed by atoms with Crippen molar-refractivity contribution in [1.29, 1.82) is 0 Å². The van der Waals surface area contributed by atoms with Crippen LogP contribution in [0.1, 0.15) is 63.5 Å². The first kappa shape index (κ1) is 17.5. The fourth-order valence-corrected chi connectivity index (χ4v) is 9.32. The van der Waals surface area contributed by atoms with Crippen LogP contribution in [0.3, 0.4) is 0 Å².